The van der Waals surface area contributed by atoms with E-state index in [1.807, 2.05) is 19.1 Å². The van der Waals surface area contributed by atoms with E-state index in [0.717, 1.165) is 23.3 Å². The molecule has 0 aliphatic carbocycles. The van der Waals surface area contributed by atoms with Gasteiger partial charge in [0.25, 0.3) is 0 Å². The lowest BCUT2D eigenvalue weighted by Gasteiger charge is -2.32. The number of nitrogens with zero attached hydrogens (tertiary/aromatic N) is 1. The zero-order valence-electron chi connectivity index (χ0n) is 12.6. The number of aryl methyl sites for hydroxylation is 1. The Morgan fingerprint density at radius 3 is 2.48 bits per heavy atom. The molecule has 2 rings (SSSR count). The highest BCUT2D eigenvalue weighted by atomic mass is 16.2. The summed E-state index contributed by atoms with van der Waals surface area (Å²) in [6, 6.07) is 6.66. The van der Waals surface area contributed by atoms with Gasteiger partial charge in [-0.3, -0.25) is 14.9 Å². The standard InChI is InChI=1S/C16H20N2O3/c1-4-7-11-8-5-6-9-12(11)18-15(20)13(10(2)3)14(19)17-16(18)21/h5-6,8-10,13H,4,7H2,1-3H3,(H,17,19,21). The quantitative estimate of drug-likeness (QED) is 0.866. The Labute approximate surface area is 124 Å². The molecule has 0 spiro atoms. The number of hydrogen-bond donors (Lipinski definition) is 1. The van der Waals surface area contributed by atoms with E-state index in [2.05, 4.69) is 5.32 Å². The van der Waals surface area contributed by atoms with Crippen molar-refractivity contribution in [2.45, 2.75) is 33.6 Å². The van der Waals surface area contributed by atoms with E-state index < -0.39 is 23.8 Å². The highest BCUT2D eigenvalue weighted by Crippen LogP contribution is 2.28. The summed E-state index contributed by atoms with van der Waals surface area (Å²) in [6.45, 7) is 5.64. The van der Waals surface area contributed by atoms with Crippen LogP contribution in [0.3, 0.4) is 0 Å². The molecule has 1 atom stereocenters. The molecule has 1 aliphatic heterocycles. The molecule has 1 aromatic carbocycles. The molecule has 0 saturated carbocycles. The lowest BCUT2D eigenvalue weighted by molar-refractivity contribution is -0.136. The molecule has 112 valence electrons. The van der Waals surface area contributed by atoms with Crippen LogP contribution in [-0.2, 0) is 16.0 Å². The normalized spacial score (nSPS) is 19.1. The van der Waals surface area contributed by atoms with Crippen LogP contribution in [0.4, 0.5) is 10.5 Å². The van der Waals surface area contributed by atoms with Gasteiger partial charge in [-0.05, 0) is 24.0 Å². The summed E-state index contributed by atoms with van der Waals surface area (Å²) < 4.78 is 0. The number of nitrogens with one attached hydrogen (secondary N) is 1. The first-order valence-corrected chi connectivity index (χ1v) is 7.24. The Morgan fingerprint density at radius 1 is 1.19 bits per heavy atom. The van der Waals surface area contributed by atoms with Gasteiger partial charge in [-0.25, -0.2) is 9.69 Å². The average molecular weight is 288 g/mol. The lowest BCUT2D eigenvalue weighted by atomic mass is 9.91. The van der Waals surface area contributed by atoms with E-state index in [4.69, 9.17) is 0 Å². The van der Waals surface area contributed by atoms with Crippen molar-refractivity contribution in [3.8, 4) is 0 Å². The number of barbiturate groups is 1. The largest absolute Gasteiger partial charge is 0.335 e. The summed E-state index contributed by atoms with van der Waals surface area (Å²) in [4.78, 5) is 37.7. The number of carbonyl (C=O) groups is 3. The van der Waals surface area contributed by atoms with Gasteiger partial charge in [0.15, 0.2) is 0 Å². The first kappa shape index (κ1) is 15.2. The van der Waals surface area contributed by atoms with Crippen LogP contribution in [-0.4, -0.2) is 17.8 Å². The van der Waals surface area contributed by atoms with E-state index in [1.165, 1.54) is 0 Å². The number of carbonyl (C=O) groups excluding carboxylic acids is 3. The number of rotatable bonds is 4. The number of imide groups is 2. The van der Waals surface area contributed by atoms with Crippen LogP contribution in [0.1, 0.15) is 32.8 Å². The number of urea groups is 1. The minimum absolute atomic E-state index is 0.161. The van der Waals surface area contributed by atoms with Gasteiger partial charge in [0.05, 0.1) is 5.69 Å². The maximum atomic E-state index is 12.6. The second-order valence-electron chi connectivity index (χ2n) is 5.57. The summed E-state index contributed by atoms with van der Waals surface area (Å²) in [6.07, 6.45) is 1.68. The van der Waals surface area contributed by atoms with E-state index in [0.29, 0.717) is 5.69 Å². The van der Waals surface area contributed by atoms with Crippen molar-refractivity contribution >= 4 is 23.5 Å². The maximum absolute atomic E-state index is 12.6. The zero-order chi connectivity index (χ0) is 15.6. The molecule has 4 amide bonds. The summed E-state index contributed by atoms with van der Waals surface area (Å²) >= 11 is 0. The van der Waals surface area contributed by atoms with E-state index >= 15 is 0 Å². The molecule has 1 heterocycles. The Hall–Kier alpha value is -2.17. The van der Waals surface area contributed by atoms with Crippen molar-refractivity contribution in [3.05, 3.63) is 29.8 Å². The predicted molar refractivity (Wildman–Crippen MR) is 79.8 cm³/mol. The molecule has 0 bridgehead atoms. The molecule has 5 heteroatoms. The van der Waals surface area contributed by atoms with Crippen LogP contribution >= 0.6 is 0 Å². The van der Waals surface area contributed by atoms with Crippen LogP contribution in [0.25, 0.3) is 0 Å². The maximum Gasteiger partial charge on any atom is 0.335 e. The van der Waals surface area contributed by atoms with Gasteiger partial charge in [0.1, 0.15) is 5.92 Å². The van der Waals surface area contributed by atoms with Crippen LogP contribution in [0, 0.1) is 11.8 Å². The fourth-order valence-electron chi connectivity index (χ4n) is 2.62. The van der Waals surface area contributed by atoms with E-state index in [9.17, 15) is 14.4 Å². The minimum Gasteiger partial charge on any atom is -0.277 e. The second-order valence-corrected chi connectivity index (χ2v) is 5.57. The second kappa shape index (κ2) is 6.08. The van der Waals surface area contributed by atoms with E-state index in [1.54, 1.807) is 26.0 Å². The molecule has 1 aromatic rings. The first-order chi connectivity index (χ1) is 9.97. The third kappa shape index (κ3) is 2.82. The van der Waals surface area contributed by atoms with Crippen molar-refractivity contribution in [2.24, 2.45) is 11.8 Å². The summed E-state index contributed by atoms with van der Waals surface area (Å²) in [5.41, 5.74) is 1.50. The Balaban J connectivity index is 2.44. The SMILES string of the molecule is CCCc1ccccc1N1C(=O)NC(=O)C(C(C)C)C1=O. The van der Waals surface area contributed by atoms with Crippen LogP contribution in [0.5, 0.6) is 0 Å². The zero-order valence-corrected chi connectivity index (χ0v) is 12.6. The number of amides is 4. The van der Waals surface area contributed by atoms with Crippen LogP contribution < -0.4 is 10.2 Å². The molecule has 0 aromatic heterocycles. The van der Waals surface area contributed by atoms with Gasteiger partial charge in [-0.2, -0.15) is 0 Å². The topological polar surface area (TPSA) is 66.5 Å². The molecular weight excluding hydrogens is 268 g/mol. The predicted octanol–water partition coefficient (Wildman–Crippen LogP) is 2.49. The van der Waals surface area contributed by atoms with Crippen LogP contribution in [0.2, 0.25) is 0 Å². The minimum atomic E-state index is -0.822. The molecule has 1 aliphatic rings. The molecule has 1 saturated heterocycles. The van der Waals surface area contributed by atoms with Crippen molar-refractivity contribution in [1.29, 1.82) is 0 Å². The van der Waals surface area contributed by atoms with E-state index in [-0.39, 0.29) is 5.92 Å². The smallest absolute Gasteiger partial charge is 0.277 e. The first-order valence-electron chi connectivity index (χ1n) is 7.24. The highest BCUT2D eigenvalue weighted by Gasteiger charge is 2.43. The average Bonchev–Trinajstić information content (AvgIpc) is 2.39. The summed E-state index contributed by atoms with van der Waals surface area (Å²) in [5, 5.41) is 2.29. The molecule has 21 heavy (non-hydrogen) atoms. The monoisotopic (exact) mass is 288 g/mol. The number of hydrogen-bond acceptors (Lipinski definition) is 3. The third-order valence-electron chi connectivity index (χ3n) is 3.62. The Bertz CT molecular complexity index is 581. The van der Waals surface area contributed by atoms with Crippen molar-refractivity contribution in [3.63, 3.8) is 0 Å². The fraction of sp³-hybridized carbons (Fsp3) is 0.438. The van der Waals surface area contributed by atoms with Crippen LogP contribution in [0.15, 0.2) is 24.3 Å². The lowest BCUT2D eigenvalue weighted by Crippen LogP contribution is -2.59. The Kier molecular flexibility index (Phi) is 4.40. The Morgan fingerprint density at radius 2 is 1.86 bits per heavy atom. The molecule has 1 fully saturated rings. The highest BCUT2D eigenvalue weighted by molar-refractivity contribution is 6.28. The van der Waals surface area contributed by atoms with Gasteiger partial charge in [-0.15, -0.1) is 0 Å². The van der Waals surface area contributed by atoms with Gasteiger partial charge in [0, 0.05) is 0 Å². The van der Waals surface area contributed by atoms with Gasteiger partial charge >= 0.3 is 6.03 Å². The molecule has 5 nitrogen and oxygen atoms in total. The molecular formula is C16H20N2O3. The summed E-state index contributed by atoms with van der Waals surface area (Å²) in [7, 11) is 0. The van der Waals surface area contributed by atoms with Gasteiger partial charge in [0.2, 0.25) is 11.8 Å². The molecule has 1 unspecified atom stereocenters. The van der Waals surface area contributed by atoms with Crippen molar-refractivity contribution < 1.29 is 14.4 Å². The fourth-order valence-corrected chi connectivity index (χ4v) is 2.62. The number of para-hydroxylation sites is 1. The van der Waals surface area contributed by atoms with Gasteiger partial charge < -0.3 is 0 Å². The third-order valence-corrected chi connectivity index (χ3v) is 3.62. The van der Waals surface area contributed by atoms with Crippen molar-refractivity contribution in [1.82, 2.24) is 5.32 Å². The summed E-state index contributed by atoms with van der Waals surface area (Å²) in [5.74, 6) is -1.93. The van der Waals surface area contributed by atoms with Gasteiger partial charge in [-0.1, -0.05) is 45.4 Å². The number of anilines is 1. The molecule has 0 radical (unpaired) electrons. The van der Waals surface area contributed by atoms with Crippen molar-refractivity contribution in [2.75, 3.05) is 4.90 Å². The molecule has 1 N–H and O–H groups in total. The number of benzene rings is 1.